The fraction of sp³-hybridized carbons (Fsp3) is 0.158. The van der Waals surface area contributed by atoms with E-state index in [-0.39, 0.29) is 12.3 Å². The summed E-state index contributed by atoms with van der Waals surface area (Å²) in [5.74, 6) is 0.938. The lowest BCUT2D eigenvalue weighted by atomic mass is 10.1. The number of hydrogen-bond acceptors (Lipinski definition) is 4. The Hall–Kier alpha value is -3.48. The number of anilines is 1. The average molecular weight is 346 g/mol. The summed E-state index contributed by atoms with van der Waals surface area (Å²) in [6.07, 6.45) is 3.56. The van der Waals surface area contributed by atoms with Crippen molar-refractivity contribution in [1.29, 1.82) is 0 Å². The van der Waals surface area contributed by atoms with Crippen molar-refractivity contribution in [2.24, 2.45) is 0 Å². The third-order valence-electron chi connectivity index (χ3n) is 4.17. The highest BCUT2D eigenvalue weighted by Gasteiger charge is 2.11. The molecule has 0 saturated carbocycles. The fourth-order valence-electron chi connectivity index (χ4n) is 3.03. The van der Waals surface area contributed by atoms with E-state index in [9.17, 15) is 4.79 Å². The highest BCUT2D eigenvalue weighted by atomic mass is 16.1. The standard InChI is InChI=1S/C19H18N6O/c1-12-7-13(2)25(24-12)18-9-17(21-11-22-18)23-19(26)8-14-10-20-16-6-4-3-5-15(14)16/h3-7,9-11,20H,8H2,1-2H3,(H,21,22,23,26). The number of H-pyrrole nitrogens is 1. The molecule has 1 amide bonds. The molecule has 0 unspecified atom stereocenters. The molecule has 4 aromatic rings. The number of amides is 1. The van der Waals surface area contributed by atoms with Crippen molar-refractivity contribution >= 4 is 22.6 Å². The van der Waals surface area contributed by atoms with Crippen molar-refractivity contribution in [3.8, 4) is 5.82 Å². The molecular weight excluding hydrogens is 328 g/mol. The lowest BCUT2D eigenvalue weighted by Crippen LogP contribution is -2.16. The van der Waals surface area contributed by atoms with Gasteiger partial charge in [-0.25, -0.2) is 14.6 Å². The molecule has 7 heteroatoms. The molecule has 0 bridgehead atoms. The number of rotatable bonds is 4. The summed E-state index contributed by atoms with van der Waals surface area (Å²) in [4.78, 5) is 24.0. The monoisotopic (exact) mass is 346 g/mol. The Morgan fingerprint density at radius 3 is 2.85 bits per heavy atom. The van der Waals surface area contributed by atoms with E-state index in [2.05, 4.69) is 25.4 Å². The van der Waals surface area contributed by atoms with Crippen molar-refractivity contribution < 1.29 is 4.79 Å². The van der Waals surface area contributed by atoms with Crippen LogP contribution < -0.4 is 5.32 Å². The van der Waals surface area contributed by atoms with Gasteiger partial charge in [-0.3, -0.25) is 4.79 Å². The number of benzene rings is 1. The van der Waals surface area contributed by atoms with Gasteiger partial charge in [-0.2, -0.15) is 5.10 Å². The number of carbonyl (C=O) groups is 1. The molecule has 130 valence electrons. The Kier molecular flexibility index (Phi) is 3.96. The first-order valence-electron chi connectivity index (χ1n) is 8.31. The van der Waals surface area contributed by atoms with Gasteiger partial charge in [-0.1, -0.05) is 18.2 Å². The molecule has 0 atom stereocenters. The normalized spacial score (nSPS) is 11.0. The van der Waals surface area contributed by atoms with E-state index < -0.39 is 0 Å². The summed E-state index contributed by atoms with van der Waals surface area (Å²) in [6, 6.07) is 11.6. The summed E-state index contributed by atoms with van der Waals surface area (Å²) in [5, 5.41) is 8.29. The Morgan fingerprint density at radius 1 is 1.19 bits per heavy atom. The van der Waals surface area contributed by atoms with E-state index in [0.717, 1.165) is 27.9 Å². The number of aromatic nitrogens is 5. The summed E-state index contributed by atoms with van der Waals surface area (Å²) < 4.78 is 1.73. The zero-order valence-electron chi connectivity index (χ0n) is 14.5. The van der Waals surface area contributed by atoms with Gasteiger partial charge in [0, 0.05) is 28.9 Å². The molecule has 4 rings (SSSR count). The van der Waals surface area contributed by atoms with E-state index in [1.165, 1.54) is 6.33 Å². The molecule has 0 aliphatic rings. The van der Waals surface area contributed by atoms with Crippen LogP contribution in [0.5, 0.6) is 0 Å². The Morgan fingerprint density at radius 2 is 2.04 bits per heavy atom. The van der Waals surface area contributed by atoms with Gasteiger partial charge in [-0.05, 0) is 31.5 Å². The van der Waals surface area contributed by atoms with Crippen LogP contribution >= 0.6 is 0 Å². The van der Waals surface area contributed by atoms with E-state index in [1.54, 1.807) is 10.7 Å². The number of para-hydroxylation sites is 1. The molecule has 3 heterocycles. The van der Waals surface area contributed by atoms with Crippen molar-refractivity contribution in [2.75, 3.05) is 5.32 Å². The van der Waals surface area contributed by atoms with Crippen molar-refractivity contribution in [3.63, 3.8) is 0 Å². The van der Waals surface area contributed by atoms with Crippen LogP contribution in [0.4, 0.5) is 5.82 Å². The molecule has 2 N–H and O–H groups in total. The largest absolute Gasteiger partial charge is 0.361 e. The van der Waals surface area contributed by atoms with Crippen LogP contribution in [0.3, 0.4) is 0 Å². The van der Waals surface area contributed by atoms with Crippen molar-refractivity contribution in [3.05, 3.63) is 65.9 Å². The van der Waals surface area contributed by atoms with Crippen LogP contribution in [0, 0.1) is 13.8 Å². The van der Waals surface area contributed by atoms with E-state index in [0.29, 0.717) is 11.6 Å². The van der Waals surface area contributed by atoms with Crippen LogP contribution in [0.25, 0.3) is 16.7 Å². The van der Waals surface area contributed by atoms with Gasteiger partial charge in [0.25, 0.3) is 0 Å². The van der Waals surface area contributed by atoms with Crippen LogP contribution in [0.2, 0.25) is 0 Å². The number of aryl methyl sites for hydroxylation is 2. The first kappa shape index (κ1) is 16.0. The second-order valence-electron chi connectivity index (χ2n) is 6.18. The Balaban J connectivity index is 1.53. The molecule has 7 nitrogen and oxygen atoms in total. The minimum Gasteiger partial charge on any atom is -0.361 e. The summed E-state index contributed by atoms with van der Waals surface area (Å²) in [5.41, 5.74) is 3.85. The van der Waals surface area contributed by atoms with Crippen LogP contribution in [0.15, 0.2) is 48.9 Å². The molecule has 1 aromatic carbocycles. The number of fused-ring (bicyclic) bond motifs is 1. The number of aromatic amines is 1. The predicted molar refractivity (Wildman–Crippen MR) is 99.3 cm³/mol. The molecular formula is C19H18N6O. The van der Waals surface area contributed by atoms with E-state index in [1.807, 2.05) is 50.4 Å². The summed E-state index contributed by atoms with van der Waals surface area (Å²) >= 11 is 0. The highest BCUT2D eigenvalue weighted by molar-refractivity contribution is 5.95. The average Bonchev–Trinajstić information content (AvgIpc) is 3.18. The maximum atomic E-state index is 12.4. The second kappa shape index (κ2) is 6.44. The predicted octanol–water partition coefficient (Wildman–Crippen LogP) is 2.94. The lowest BCUT2D eigenvalue weighted by Gasteiger charge is -2.07. The number of nitrogens with one attached hydrogen (secondary N) is 2. The SMILES string of the molecule is Cc1cc(C)n(-c2cc(NC(=O)Cc3c[nH]c4ccccc34)ncn2)n1. The number of carbonyl (C=O) groups excluding carboxylic acids is 1. The Bertz CT molecular complexity index is 1090. The maximum absolute atomic E-state index is 12.4. The van der Waals surface area contributed by atoms with Gasteiger partial charge in [0.15, 0.2) is 5.82 Å². The topological polar surface area (TPSA) is 88.5 Å². The molecule has 0 saturated heterocycles. The number of hydrogen-bond donors (Lipinski definition) is 2. The summed E-state index contributed by atoms with van der Waals surface area (Å²) in [7, 11) is 0. The zero-order valence-corrected chi connectivity index (χ0v) is 14.5. The van der Waals surface area contributed by atoms with Gasteiger partial charge in [0.05, 0.1) is 12.1 Å². The lowest BCUT2D eigenvalue weighted by molar-refractivity contribution is -0.115. The fourth-order valence-corrected chi connectivity index (χ4v) is 3.03. The first-order chi connectivity index (χ1) is 12.6. The minimum atomic E-state index is -0.132. The second-order valence-corrected chi connectivity index (χ2v) is 6.18. The molecule has 26 heavy (non-hydrogen) atoms. The van der Waals surface area contributed by atoms with Crippen LogP contribution in [-0.2, 0) is 11.2 Å². The third kappa shape index (κ3) is 3.06. The molecule has 0 aliphatic heterocycles. The highest BCUT2D eigenvalue weighted by Crippen LogP contribution is 2.19. The third-order valence-corrected chi connectivity index (χ3v) is 4.17. The van der Waals surface area contributed by atoms with Crippen molar-refractivity contribution in [2.45, 2.75) is 20.3 Å². The van der Waals surface area contributed by atoms with Crippen molar-refractivity contribution in [1.82, 2.24) is 24.7 Å². The van der Waals surface area contributed by atoms with Crippen LogP contribution in [0.1, 0.15) is 17.0 Å². The zero-order chi connectivity index (χ0) is 18.1. The molecule has 3 aromatic heterocycles. The smallest absolute Gasteiger partial charge is 0.230 e. The molecule has 0 spiro atoms. The van der Waals surface area contributed by atoms with E-state index in [4.69, 9.17) is 0 Å². The quantitative estimate of drug-likeness (QED) is 0.595. The summed E-state index contributed by atoms with van der Waals surface area (Å²) in [6.45, 7) is 3.88. The number of nitrogens with zero attached hydrogens (tertiary/aromatic N) is 4. The van der Waals surface area contributed by atoms with Crippen LogP contribution in [-0.4, -0.2) is 30.6 Å². The van der Waals surface area contributed by atoms with Gasteiger partial charge in [-0.15, -0.1) is 0 Å². The van der Waals surface area contributed by atoms with Gasteiger partial charge < -0.3 is 10.3 Å². The van der Waals surface area contributed by atoms with Gasteiger partial charge in [0.2, 0.25) is 5.91 Å². The van der Waals surface area contributed by atoms with Gasteiger partial charge in [0.1, 0.15) is 12.1 Å². The van der Waals surface area contributed by atoms with Gasteiger partial charge >= 0.3 is 0 Å². The first-order valence-corrected chi connectivity index (χ1v) is 8.31. The van der Waals surface area contributed by atoms with E-state index >= 15 is 0 Å². The minimum absolute atomic E-state index is 0.132. The molecule has 0 aliphatic carbocycles. The molecule has 0 fully saturated rings. The molecule has 0 radical (unpaired) electrons. The maximum Gasteiger partial charge on any atom is 0.230 e. The Labute approximate surface area is 150 Å².